The molecule has 3 nitrogen and oxygen atoms in total. The van der Waals surface area contributed by atoms with Crippen LogP contribution in [-0.2, 0) is 0 Å². The molecule has 0 spiro atoms. The van der Waals surface area contributed by atoms with Crippen molar-refractivity contribution in [2.75, 3.05) is 0 Å². The fourth-order valence-electron chi connectivity index (χ4n) is 1.71. The fraction of sp³-hybridized carbons (Fsp3) is 0.0714. The lowest BCUT2D eigenvalue weighted by Crippen LogP contribution is -1.94. The summed E-state index contributed by atoms with van der Waals surface area (Å²) in [5, 5.41) is 19.2. The Balaban J connectivity index is 2.57. The summed E-state index contributed by atoms with van der Waals surface area (Å²) >= 11 is 6.05. The molecule has 0 aromatic heterocycles. The van der Waals surface area contributed by atoms with Gasteiger partial charge in [0.25, 0.3) is 0 Å². The van der Waals surface area contributed by atoms with E-state index in [4.69, 9.17) is 11.6 Å². The molecule has 0 radical (unpaired) electrons. The van der Waals surface area contributed by atoms with Gasteiger partial charge in [-0.25, -0.2) is 0 Å². The summed E-state index contributed by atoms with van der Waals surface area (Å²) < 4.78 is 0. The number of carbonyl (C=O) groups excluding carboxylic acids is 1. The molecule has 92 valence electrons. The normalized spacial score (nSPS) is 10.3. The predicted molar refractivity (Wildman–Crippen MR) is 70.2 cm³/mol. The lowest BCUT2D eigenvalue weighted by Gasteiger charge is -2.09. The molecule has 0 saturated heterocycles. The van der Waals surface area contributed by atoms with E-state index in [1.165, 1.54) is 25.1 Å². The van der Waals surface area contributed by atoms with Gasteiger partial charge in [0, 0.05) is 5.56 Å². The first-order valence-corrected chi connectivity index (χ1v) is 5.70. The summed E-state index contributed by atoms with van der Waals surface area (Å²) in [6, 6.07) is 9.63. The van der Waals surface area contributed by atoms with Crippen LogP contribution in [0.1, 0.15) is 17.3 Å². The average molecular weight is 263 g/mol. The second-order valence-electron chi connectivity index (χ2n) is 3.93. The Morgan fingerprint density at radius 1 is 1.06 bits per heavy atom. The van der Waals surface area contributed by atoms with Crippen LogP contribution in [0.15, 0.2) is 36.4 Å². The van der Waals surface area contributed by atoms with E-state index in [0.717, 1.165) is 5.56 Å². The van der Waals surface area contributed by atoms with Crippen LogP contribution in [0.2, 0.25) is 5.02 Å². The molecule has 0 heterocycles. The van der Waals surface area contributed by atoms with Crippen LogP contribution in [0, 0.1) is 0 Å². The minimum atomic E-state index is -0.244. The van der Waals surface area contributed by atoms with Gasteiger partial charge in [-0.15, -0.1) is 0 Å². The molecule has 2 rings (SSSR count). The van der Waals surface area contributed by atoms with Gasteiger partial charge in [-0.2, -0.15) is 0 Å². The van der Waals surface area contributed by atoms with Crippen molar-refractivity contribution < 1.29 is 15.0 Å². The molecule has 0 bridgehead atoms. The molecule has 0 aliphatic rings. The second-order valence-corrected chi connectivity index (χ2v) is 4.30. The molecular formula is C14H11ClO3. The quantitative estimate of drug-likeness (QED) is 0.813. The Hall–Kier alpha value is -2.00. The van der Waals surface area contributed by atoms with Crippen LogP contribution >= 0.6 is 11.6 Å². The third-order valence-corrected chi connectivity index (χ3v) is 3.06. The summed E-state index contributed by atoms with van der Waals surface area (Å²) in [5.41, 5.74) is 1.56. The summed E-state index contributed by atoms with van der Waals surface area (Å²) in [6.45, 7) is 1.37. The van der Waals surface area contributed by atoms with Crippen LogP contribution in [0.4, 0.5) is 0 Å². The minimum Gasteiger partial charge on any atom is -0.508 e. The molecule has 2 aromatic rings. The number of hydrogen-bond donors (Lipinski definition) is 2. The molecule has 18 heavy (non-hydrogen) atoms. The van der Waals surface area contributed by atoms with Crippen molar-refractivity contribution in [1.29, 1.82) is 0 Å². The Labute approximate surface area is 109 Å². The number of phenols is 2. The van der Waals surface area contributed by atoms with Gasteiger partial charge in [-0.3, -0.25) is 4.79 Å². The largest absolute Gasteiger partial charge is 0.508 e. The first-order chi connectivity index (χ1) is 8.50. The highest BCUT2D eigenvalue weighted by Crippen LogP contribution is 2.37. The topological polar surface area (TPSA) is 57.5 Å². The summed E-state index contributed by atoms with van der Waals surface area (Å²) in [7, 11) is 0. The van der Waals surface area contributed by atoms with E-state index in [2.05, 4.69) is 0 Å². The van der Waals surface area contributed by atoms with Crippen LogP contribution < -0.4 is 0 Å². The monoisotopic (exact) mass is 262 g/mol. The Bertz CT molecular complexity index is 603. The number of halogens is 1. The number of phenolic OH excluding ortho intramolecular Hbond substituents is 2. The smallest absolute Gasteiger partial charge is 0.163 e. The first kappa shape index (κ1) is 12.5. The van der Waals surface area contributed by atoms with Crippen molar-refractivity contribution in [1.82, 2.24) is 0 Å². The van der Waals surface area contributed by atoms with E-state index < -0.39 is 0 Å². The zero-order chi connectivity index (χ0) is 13.3. The van der Waals surface area contributed by atoms with Gasteiger partial charge in [0.15, 0.2) is 5.78 Å². The highest BCUT2D eigenvalue weighted by atomic mass is 35.5. The first-order valence-electron chi connectivity index (χ1n) is 5.32. The van der Waals surface area contributed by atoms with E-state index >= 15 is 0 Å². The zero-order valence-corrected chi connectivity index (χ0v) is 10.4. The highest BCUT2D eigenvalue weighted by Gasteiger charge is 2.14. The lowest BCUT2D eigenvalue weighted by atomic mass is 10.0. The average Bonchev–Trinajstić information content (AvgIpc) is 2.33. The van der Waals surface area contributed by atoms with E-state index in [0.29, 0.717) is 5.56 Å². The second kappa shape index (κ2) is 4.70. The number of ketones is 1. The Morgan fingerprint density at radius 2 is 1.67 bits per heavy atom. The predicted octanol–water partition coefficient (Wildman–Crippen LogP) is 3.62. The number of carbonyl (C=O) groups is 1. The van der Waals surface area contributed by atoms with E-state index in [1.54, 1.807) is 18.2 Å². The van der Waals surface area contributed by atoms with Crippen molar-refractivity contribution in [3.63, 3.8) is 0 Å². The number of hydrogen-bond acceptors (Lipinski definition) is 3. The molecule has 2 N–H and O–H groups in total. The maximum atomic E-state index is 11.3. The number of rotatable bonds is 2. The SMILES string of the molecule is CC(=O)c1ccc(-c2ccc(O)cc2)c(Cl)c1O. The molecule has 0 atom stereocenters. The standard InChI is InChI=1S/C14H11ClO3/c1-8(16)11-6-7-12(13(15)14(11)18)9-2-4-10(17)5-3-9/h2-7,17-18H,1H3. The highest BCUT2D eigenvalue weighted by molar-refractivity contribution is 6.35. The van der Waals surface area contributed by atoms with Gasteiger partial charge >= 0.3 is 0 Å². The molecule has 0 amide bonds. The van der Waals surface area contributed by atoms with Gasteiger partial charge in [0.2, 0.25) is 0 Å². The van der Waals surface area contributed by atoms with Crippen LogP contribution in [0.3, 0.4) is 0 Å². The zero-order valence-electron chi connectivity index (χ0n) is 9.64. The molecule has 0 saturated carbocycles. The molecule has 4 heteroatoms. The van der Waals surface area contributed by atoms with Crippen molar-refractivity contribution in [3.05, 3.63) is 47.0 Å². The molecule has 0 unspecified atom stereocenters. The summed E-state index contributed by atoms with van der Waals surface area (Å²) in [5.74, 6) is -0.305. The van der Waals surface area contributed by atoms with Gasteiger partial charge < -0.3 is 10.2 Å². The third kappa shape index (κ3) is 2.17. The molecular weight excluding hydrogens is 252 g/mol. The van der Waals surface area contributed by atoms with Gasteiger partial charge in [-0.1, -0.05) is 29.8 Å². The van der Waals surface area contributed by atoms with E-state index in [1.807, 2.05) is 0 Å². The molecule has 0 aliphatic heterocycles. The Kier molecular flexibility index (Phi) is 3.26. The summed E-state index contributed by atoms with van der Waals surface area (Å²) in [6.07, 6.45) is 0. The van der Waals surface area contributed by atoms with Gasteiger partial charge in [0.05, 0.1) is 10.6 Å². The third-order valence-electron chi connectivity index (χ3n) is 2.67. The number of benzene rings is 2. The van der Waals surface area contributed by atoms with Gasteiger partial charge in [-0.05, 0) is 30.7 Å². The lowest BCUT2D eigenvalue weighted by molar-refractivity contribution is 0.101. The Morgan fingerprint density at radius 3 is 2.22 bits per heavy atom. The maximum Gasteiger partial charge on any atom is 0.163 e. The van der Waals surface area contributed by atoms with Crippen molar-refractivity contribution in [3.8, 4) is 22.6 Å². The van der Waals surface area contributed by atoms with Crippen LogP contribution in [0.5, 0.6) is 11.5 Å². The number of aromatic hydroxyl groups is 2. The molecule has 2 aromatic carbocycles. The van der Waals surface area contributed by atoms with E-state index in [9.17, 15) is 15.0 Å². The van der Waals surface area contributed by atoms with Crippen LogP contribution in [0.25, 0.3) is 11.1 Å². The summed E-state index contributed by atoms with van der Waals surface area (Å²) in [4.78, 5) is 11.3. The number of Topliss-reactive ketones (excluding diaryl/α,β-unsaturated/α-hetero) is 1. The van der Waals surface area contributed by atoms with E-state index in [-0.39, 0.29) is 27.9 Å². The minimum absolute atomic E-state index is 0.133. The fourth-order valence-corrected chi connectivity index (χ4v) is 1.99. The molecule has 0 fully saturated rings. The van der Waals surface area contributed by atoms with Crippen molar-refractivity contribution in [2.24, 2.45) is 0 Å². The van der Waals surface area contributed by atoms with Crippen molar-refractivity contribution >= 4 is 17.4 Å². The maximum absolute atomic E-state index is 11.3. The van der Waals surface area contributed by atoms with Crippen molar-refractivity contribution in [2.45, 2.75) is 6.92 Å². The van der Waals surface area contributed by atoms with Crippen LogP contribution in [-0.4, -0.2) is 16.0 Å². The van der Waals surface area contributed by atoms with Gasteiger partial charge in [0.1, 0.15) is 11.5 Å². The molecule has 0 aliphatic carbocycles.